The lowest BCUT2D eigenvalue weighted by Crippen LogP contribution is -2.53. The van der Waals surface area contributed by atoms with Gasteiger partial charge in [-0.15, -0.1) is 0 Å². The molecule has 1 saturated carbocycles. The smallest absolute Gasteiger partial charge is 0.329 e. The highest BCUT2D eigenvalue weighted by Crippen LogP contribution is 2.56. The summed E-state index contributed by atoms with van der Waals surface area (Å²) in [6.07, 6.45) is 9.95. The summed E-state index contributed by atoms with van der Waals surface area (Å²) in [6, 6.07) is 15.9. The van der Waals surface area contributed by atoms with E-state index < -0.39 is 11.5 Å². The molecule has 1 heterocycles. The Morgan fingerprint density at radius 3 is 2.72 bits per heavy atom. The van der Waals surface area contributed by atoms with E-state index in [4.69, 9.17) is 21.1 Å². The molecule has 3 atom stereocenters. The van der Waals surface area contributed by atoms with Gasteiger partial charge in [-0.2, -0.15) is 0 Å². The van der Waals surface area contributed by atoms with Gasteiger partial charge in [-0.05, 0) is 128 Å². The maximum absolute atomic E-state index is 12.8. The summed E-state index contributed by atoms with van der Waals surface area (Å²) < 4.78 is 12.2. The second-order valence-corrected chi connectivity index (χ2v) is 13.7. The maximum atomic E-state index is 12.8. The molecule has 43 heavy (non-hydrogen) atoms. The van der Waals surface area contributed by atoms with Crippen LogP contribution in [0.15, 0.2) is 54.7 Å². The number of aliphatic carboxylic acids is 1. The van der Waals surface area contributed by atoms with Crippen LogP contribution in [-0.2, 0) is 23.1 Å². The van der Waals surface area contributed by atoms with E-state index >= 15 is 0 Å². The van der Waals surface area contributed by atoms with E-state index in [0.29, 0.717) is 42.2 Å². The van der Waals surface area contributed by atoms with Crippen molar-refractivity contribution < 1.29 is 19.4 Å². The third-order valence-corrected chi connectivity index (χ3v) is 10.7. The van der Waals surface area contributed by atoms with Gasteiger partial charge in [0.1, 0.15) is 17.0 Å². The van der Waals surface area contributed by atoms with E-state index in [9.17, 15) is 9.90 Å². The van der Waals surface area contributed by atoms with Crippen LogP contribution in [0.4, 0.5) is 5.69 Å². The highest BCUT2D eigenvalue weighted by Gasteiger charge is 2.54. The quantitative estimate of drug-likeness (QED) is 0.257. The third-order valence-electron chi connectivity index (χ3n) is 10.5. The summed E-state index contributed by atoms with van der Waals surface area (Å²) >= 11 is 6.23. The predicted octanol–water partition coefficient (Wildman–Crippen LogP) is 8.21. The zero-order valence-electron chi connectivity index (χ0n) is 25.5. The summed E-state index contributed by atoms with van der Waals surface area (Å²) in [5.74, 6) is 2.27. The summed E-state index contributed by atoms with van der Waals surface area (Å²) in [5.41, 5.74) is 4.80. The highest BCUT2D eigenvalue weighted by atomic mass is 35.5. The molecule has 3 aliphatic carbocycles. The predicted molar refractivity (Wildman–Crippen MR) is 171 cm³/mol. The molecule has 0 aliphatic heterocycles. The van der Waals surface area contributed by atoms with Crippen molar-refractivity contribution in [1.82, 2.24) is 4.98 Å². The molecule has 0 saturated heterocycles. The van der Waals surface area contributed by atoms with Crippen LogP contribution in [-0.4, -0.2) is 35.3 Å². The molecule has 1 spiro atoms. The molecule has 0 bridgehead atoms. The number of nitrogens with one attached hydrogen (secondary N) is 1. The number of fused-ring (bicyclic) bond motifs is 3. The van der Waals surface area contributed by atoms with Crippen LogP contribution in [0.25, 0.3) is 0 Å². The van der Waals surface area contributed by atoms with E-state index in [-0.39, 0.29) is 5.41 Å². The Morgan fingerprint density at radius 2 is 1.98 bits per heavy atom. The number of hydrogen-bond donors (Lipinski definition) is 2. The summed E-state index contributed by atoms with van der Waals surface area (Å²) in [5, 5.41) is 14.5. The molecule has 3 aromatic rings. The van der Waals surface area contributed by atoms with Gasteiger partial charge in [0.2, 0.25) is 0 Å². The van der Waals surface area contributed by atoms with Crippen LogP contribution < -0.4 is 14.8 Å². The number of methoxy groups -OCH3 is 1. The number of rotatable bonds is 9. The first kappa shape index (κ1) is 29.8. The fraction of sp³-hybridized carbons (Fsp3) is 0.500. The molecule has 2 N–H and O–H groups in total. The Labute approximate surface area is 260 Å². The van der Waals surface area contributed by atoms with Gasteiger partial charge in [0.25, 0.3) is 0 Å². The van der Waals surface area contributed by atoms with Crippen molar-refractivity contribution in [3.8, 4) is 11.5 Å². The number of aromatic nitrogens is 1. The monoisotopic (exact) mass is 602 g/mol. The Kier molecular flexibility index (Phi) is 8.34. The van der Waals surface area contributed by atoms with Gasteiger partial charge < -0.3 is 19.9 Å². The van der Waals surface area contributed by atoms with Gasteiger partial charge in [-0.25, -0.2) is 4.79 Å². The summed E-state index contributed by atoms with van der Waals surface area (Å²) in [4.78, 5) is 17.4. The van der Waals surface area contributed by atoms with Crippen molar-refractivity contribution in [3.63, 3.8) is 0 Å². The average molecular weight is 603 g/mol. The van der Waals surface area contributed by atoms with Crippen molar-refractivity contribution in [1.29, 1.82) is 0 Å². The van der Waals surface area contributed by atoms with Gasteiger partial charge in [-0.1, -0.05) is 37.6 Å². The first-order valence-corrected chi connectivity index (χ1v) is 16.2. The average Bonchev–Trinajstić information content (AvgIpc) is 3.28. The first-order valence-electron chi connectivity index (χ1n) is 15.8. The molecule has 0 amide bonds. The largest absolute Gasteiger partial charge is 0.497 e. The Balaban J connectivity index is 1.22. The molecule has 7 heteroatoms. The van der Waals surface area contributed by atoms with Gasteiger partial charge in [-0.3, -0.25) is 4.98 Å². The number of carboxylic acids is 1. The zero-order chi connectivity index (χ0) is 30.2. The number of anilines is 1. The van der Waals surface area contributed by atoms with Crippen LogP contribution in [0.3, 0.4) is 0 Å². The fourth-order valence-corrected chi connectivity index (χ4v) is 8.39. The molecule has 228 valence electrons. The van der Waals surface area contributed by atoms with E-state index in [1.54, 1.807) is 19.2 Å². The fourth-order valence-electron chi connectivity index (χ4n) is 8.20. The summed E-state index contributed by atoms with van der Waals surface area (Å²) in [6.45, 7) is 5.23. The van der Waals surface area contributed by atoms with Gasteiger partial charge >= 0.3 is 5.97 Å². The van der Waals surface area contributed by atoms with Crippen LogP contribution in [0.2, 0.25) is 5.02 Å². The first-order chi connectivity index (χ1) is 20.7. The second-order valence-electron chi connectivity index (χ2n) is 13.2. The van der Waals surface area contributed by atoms with Gasteiger partial charge in [0.15, 0.2) is 0 Å². The van der Waals surface area contributed by atoms with Crippen molar-refractivity contribution in [2.45, 2.75) is 88.5 Å². The SMILES string of the molecule is COc1ccc2c(c1)C1(CCC(Nc3cccc(Cl)c3)(C(=O)O)CC1)C(C[C@@H](C)COc1ccnc3c1[C@H](C)CCC3)C2. The molecular weight excluding hydrogens is 560 g/mol. The molecular formula is C36H43ClN2O4. The minimum absolute atomic E-state index is 0.0998. The minimum atomic E-state index is -1.03. The highest BCUT2D eigenvalue weighted by molar-refractivity contribution is 6.30. The van der Waals surface area contributed by atoms with Crippen molar-refractivity contribution >= 4 is 23.3 Å². The molecule has 0 radical (unpaired) electrons. The lowest BCUT2D eigenvalue weighted by Gasteiger charge is -2.47. The minimum Gasteiger partial charge on any atom is -0.497 e. The number of benzene rings is 2. The molecule has 6 nitrogen and oxygen atoms in total. The van der Waals surface area contributed by atoms with Crippen molar-refractivity contribution in [3.05, 3.63) is 82.1 Å². The normalized spacial score (nSPS) is 26.8. The number of hydrogen-bond acceptors (Lipinski definition) is 5. The number of aryl methyl sites for hydroxylation is 1. The number of ether oxygens (including phenoxy) is 2. The molecule has 1 unspecified atom stereocenters. The van der Waals surface area contributed by atoms with E-state index in [1.165, 1.54) is 35.2 Å². The van der Waals surface area contributed by atoms with Crippen LogP contribution >= 0.6 is 11.6 Å². The number of halogens is 1. The van der Waals surface area contributed by atoms with Crippen molar-refractivity contribution in [2.24, 2.45) is 11.8 Å². The lowest BCUT2D eigenvalue weighted by molar-refractivity contribution is -0.144. The number of pyridine rings is 1. The maximum Gasteiger partial charge on any atom is 0.329 e. The van der Waals surface area contributed by atoms with Crippen LogP contribution in [0.5, 0.6) is 11.5 Å². The van der Waals surface area contributed by atoms with Gasteiger partial charge in [0.05, 0.1) is 13.7 Å². The molecule has 1 fully saturated rings. The van der Waals surface area contributed by atoms with Crippen LogP contribution in [0, 0.1) is 11.8 Å². The van der Waals surface area contributed by atoms with Crippen LogP contribution in [0.1, 0.15) is 87.1 Å². The standard InChI is InChI=1S/C36H43ClN2O4/c1-23(22-43-32-12-17-38-31-9-4-6-24(2)33(31)32)18-26-19-25-10-11-29(42-3)21-30(25)35(26)13-15-36(16-14-35,34(40)41)39-28-8-5-7-27(37)20-28/h5,7-8,10-12,17,20-21,23-24,26,39H,4,6,9,13-16,18-19,22H2,1-3H3,(H,40,41)/t23-,24-,26?,35?,36?/m1/s1. The molecule has 2 aromatic carbocycles. The number of carbonyl (C=O) groups is 1. The topological polar surface area (TPSA) is 80.7 Å². The van der Waals surface area contributed by atoms with E-state index in [0.717, 1.165) is 49.3 Å². The Morgan fingerprint density at radius 1 is 1.16 bits per heavy atom. The number of carboxylic acid groups (broad SMARTS) is 1. The second kappa shape index (κ2) is 12.0. The van der Waals surface area contributed by atoms with Gasteiger partial charge in [0, 0.05) is 28.2 Å². The van der Waals surface area contributed by atoms with Crippen molar-refractivity contribution in [2.75, 3.05) is 19.0 Å². The zero-order valence-corrected chi connectivity index (χ0v) is 26.3. The van der Waals surface area contributed by atoms with E-state index in [1.807, 2.05) is 24.4 Å². The Hall–Kier alpha value is -3.25. The molecule has 6 rings (SSSR count). The Bertz CT molecular complexity index is 1480. The lowest BCUT2D eigenvalue weighted by atomic mass is 9.59. The van der Waals surface area contributed by atoms with E-state index in [2.05, 4.69) is 42.3 Å². The third kappa shape index (κ3) is 5.71. The molecule has 3 aliphatic rings. The molecule has 1 aromatic heterocycles. The summed E-state index contributed by atoms with van der Waals surface area (Å²) in [7, 11) is 1.71. The number of nitrogens with zero attached hydrogens (tertiary/aromatic N) is 1.